The summed E-state index contributed by atoms with van der Waals surface area (Å²) >= 11 is 2.07. The Balaban J connectivity index is 1.25. The van der Waals surface area contributed by atoms with Gasteiger partial charge in [-0.3, -0.25) is 0 Å². The van der Waals surface area contributed by atoms with E-state index in [0.29, 0.717) is 32.4 Å². The third-order valence-corrected chi connectivity index (χ3v) is 9.26. The molecule has 0 N–H and O–H groups in total. The van der Waals surface area contributed by atoms with E-state index in [2.05, 4.69) is 61.2 Å². The number of aromatic nitrogens is 4. The third kappa shape index (κ3) is 4.10. The Kier molecular flexibility index (Phi) is 5.31. The van der Waals surface area contributed by atoms with E-state index in [-0.39, 0.29) is 0 Å². The van der Waals surface area contributed by atoms with Crippen LogP contribution < -0.4 is 4.74 Å². The molecule has 4 aromatic carbocycles. The van der Waals surface area contributed by atoms with Gasteiger partial charge in [-0.25, -0.2) is 0 Å². The van der Waals surface area contributed by atoms with Crippen LogP contribution >= 0.6 is 0 Å². The molecule has 0 aliphatic heterocycles. The first-order chi connectivity index (χ1) is 21.8. The van der Waals surface area contributed by atoms with Gasteiger partial charge in [0.1, 0.15) is 0 Å². The molecule has 1 unspecified atom stereocenters. The molecule has 0 bridgehead atoms. The van der Waals surface area contributed by atoms with Crippen molar-refractivity contribution < 1.29 is 28.2 Å². The zero-order chi connectivity index (χ0) is 30.9. The number of aryl methyl sites for hydroxylation is 2. The number of nitrogens with zero attached hydrogens (tertiary/aromatic N) is 4. The first-order valence-electron chi connectivity index (χ1n) is 15.6. The number of benzene rings is 4. The van der Waals surface area contributed by atoms with Crippen LogP contribution in [0.5, 0.6) is 11.5 Å². The van der Waals surface area contributed by atoms with E-state index >= 15 is 0 Å². The van der Waals surface area contributed by atoms with Gasteiger partial charge >= 0.3 is 198 Å². The Morgan fingerprint density at radius 1 is 0.857 bits per heavy atom. The minimum atomic E-state index is -2.33. The molecule has 7 aromatic rings. The first kappa shape index (κ1) is 22.4. The number of para-hydroxylation sites is 2. The fraction of sp³-hybridized carbons (Fsp3) is 0.167. The van der Waals surface area contributed by atoms with Crippen molar-refractivity contribution in [1.82, 2.24) is 18.7 Å². The van der Waals surface area contributed by atoms with Crippen LogP contribution in [-0.4, -0.2) is 18.7 Å². The van der Waals surface area contributed by atoms with Crippen LogP contribution in [0.1, 0.15) is 28.6 Å². The van der Waals surface area contributed by atoms with Crippen molar-refractivity contribution in [2.24, 2.45) is 12.9 Å². The van der Waals surface area contributed by atoms with Crippen LogP contribution in [0.15, 0.2) is 91.1 Å². The maximum absolute atomic E-state index is 8.14. The second-order valence-corrected chi connectivity index (χ2v) is 12.0. The summed E-state index contributed by atoms with van der Waals surface area (Å²) < 4.78 is 36.8. The molecule has 8 rings (SSSR count). The molecular weight excluding hydrogens is 700 g/mol. The quantitative estimate of drug-likeness (QED) is 0.172. The van der Waals surface area contributed by atoms with Gasteiger partial charge in [0.25, 0.3) is 0 Å². The molecule has 0 saturated carbocycles. The van der Waals surface area contributed by atoms with Gasteiger partial charge in [-0.05, 0) is 42.4 Å². The van der Waals surface area contributed by atoms with Gasteiger partial charge in [-0.2, -0.15) is 0 Å². The average Bonchev–Trinajstić information content (AvgIpc) is 3.51. The van der Waals surface area contributed by atoms with Crippen LogP contribution in [0.2, 0.25) is 0 Å². The molecule has 42 heavy (non-hydrogen) atoms. The van der Waals surface area contributed by atoms with Crippen molar-refractivity contribution in [2.45, 2.75) is 26.2 Å². The summed E-state index contributed by atoms with van der Waals surface area (Å²) in [6.45, 7) is 0.00260. The number of rotatable bonds is 4. The maximum atomic E-state index is 8.14. The molecule has 0 saturated heterocycles. The Bertz CT molecular complexity index is 2320. The van der Waals surface area contributed by atoms with Crippen molar-refractivity contribution in [3.05, 3.63) is 118 Å². The summed E-state index contributed by atoms with van der Waals surface area (Å²) in [7, 11) is 0. The first-order valence-corrected chi connectivity index (χ1v) is 15.2. The van der Waals surface area contributed by atoms with Crippen LogP contribution in [0.4, 0.5) is 0 Å². The van der Waals surface area contributed by atoms with Crippen LogP contribution in [0.25, 0.3) is 44.3 Å². The molecule has 3 aromatic heterocycles. The van der Waals surface area contributed by atoms with Gasteiger partial charge in [0.2, 0.25) is 0 Å². The second kappa shape index (κ2) is 9.96. The predicted octanol–water partition coefficient (Wildman–Crippen LogP) is 8.06. The zero-order valence-electron chi connectivity index (χ0n) is 25.9. The fourth-order valence-electron chi connectivity index (χ4n) is 6.23. The molecule has 6 heteroatoms. The van der Waals surface area contributed by atoms with Crippen molar-refractivity contribution in [3.8, 4) is 23.0 Å². The molecule has 1 aliphatic carbocycles. The predicted molar refractivity (Wildman–Crippen MR) is 163 cm³/mol. The molecule has 0 spiro atoms. The Hall–Kier alpha value is -4.21. The molecule has 1 atom stereocenters. The standard InChI is InChI=1S/C36H28N4O.Pt/c1-24-13-14-25-20-34-31(19-26(25)18-24)30-16-15-29(22-35(30)40(34)36-12-5-6-17-37-36)41-28-9-7-8-27(21-28)39-23-38(2)32-10-3-4-11-33(32)39;/h3-12,15-17,19-20,24H,13-14,18H2,1-2H3;/q-2;/i2D3;. The summed E-state index contributed by atoms with van der Waals surface area (Å²) in [5.41, 5.74) is 6.94. The van der Waals surface area contributed by atoms with Crippen LogP contribution in [0, 0.1) is 21.9 Å². The number of hydrogen-bond acceptors (Lipinski definition) is 2. The van der Waals surface area contributed by atoms with Gasteiger partial charge in [0.05, 0.1) is 0 Å². The van der Waals surface area contributed by atoms with Gasteiger partial charge in [0, 0.05) is 6.20 Å². The van der Waals surface area contributed by atoms with E-state index in [4.69, 9.17) is 13.8 Å². The Labute approximate surface area is 259 Å². The monoisotopic (exact) mass is 730 g/mol. The van der Waals surface area contributed by atoms with Crippen molar-refractivity contribution >= 4 is 32.8 Å². The number of pyridine rings is 1. The molecule has 3 heterocycles. The minimum absolute atomic E-state index is 0.502. The van der Waals surface area contributed by atoms with Crippen LogP contribution in [-0.2, 0) is 39.2 Å². The number of hydrogen-bond donors (Lipinski definition) is 0. The molecule has 5 nitrogen and oxygen atoms in total. The average molecular weight is 731 g/mol. The van der Waals surface area contributed by atoms with E-state index in [1.807, 2.05) is 77.5 Å². The van der Waals surface area contributed by atoms with Gasteiger partial charge in [-0.15, -0.1) is 0 Å². The molecule has 0 radical (unpaired) electrons. The molecule has 0 fully saturated rings. The van der Waals surface area contributed by atoms with Gasteiger partial charge in [-0.1, -0.05) is 13.0 Å². The van der Waals surface area contributed by atoms with Gasteiger partial charge in [0.15, 0.2) is 0 Å². The summed E-state index contributed by atoms with van der Waals surface area (Å²) in [6.07, 6.45) is 5.20. The van der Waals surface area contributed by atoms with E-state index < -0.39 is 6.98 Å². The summed E-state index contributed by atoms with van der Waals surface area (Å²) in [6, 6.07) is 34.8. The van der Waals surface area contributed by atoms with Gasteiger partial charge < -0.3 is 0 Å². The number of imidazole rings is 1. The number of fused-ring (bicyclic) bond motifs is 5. The van der Waals surface area contributed by atoms with Crippen molar-refractivity contribution in [1.29, 1.82) is 0 Å². The Morgan fingerprint density at radius 3 is 2.57 bits per heavy atom. The third-order valence-electron chi connectivity index (χ3n) is 8.24. The van der Waals surface area contributed by atoms with Crippen LogP contribution in [0.3, 0.4) is 0 Å². The van der Waals surface area contributed by atoms with E-state index in [0.717, 1.165) is 40.6 Å². The number of ether oxygens (including phenoxy) is 1. The molecule has 0 amide bonds. The summed E-state index contributed by atoms with van der Waals surface area (Å²) in [5, 5.41) is 2.29. The SMILES string of the molecule is [2H]C([2H])([2H])n1[c](=[Pt])n(-c2[c-]c(Oc3[c-]c4c(cc3)c3cc5c(cc3n4-c3ccccn3)CCC(C)C5)ccc2)c2ccccc21. The normalized spacial score (nSPS) is 16.4. The fourth-order valence-corrected chi connectivity index (χ4v) is 7.05. The van der Waals surface area contributed by atoms with E-state index in [1.54, 1.807) is 0 Å². The molecule has 210 valence electrons. The summed E-state index contributed by atoms with van der Waals surface area (Å²) in [5.74, 6) is 2.57. The molecular formula is C36H28N4OPt-2. The molecule has 1 aliphatic rings. The van der Waals surface area contributed by atoms with Crippen molar-refractivity contribution in [3.63, 3.8) is 0 Å². The second-order valence-electron chi connectivity index (χ2n) is 11.0. The topological polar surface area (TPSA) is 36.9 Å². The van der Waals surface area contributed by atoms with E-state index in [1.165, 1.54) is 27.5 Å². The zero-order valence-corrected chi connectivity index (χ0v) is 25.1. The van der Waals surface area contributed by atoms with Crippen molar-refractivity contribution in [2.75, 3.05) is 0 Å². The summed E-state index contributed by atoms with van der Waals surface area (Å²) in [4.78, 5) is 4.71. The van der Waals surface area contributed by atoms with E-state index in [9.17, 15) is 0 Å². The Morgan fingerprint density at radius 2 is 1.71 bits per heavy atom.